The maximum atomic E-state index is 6.40. The maximum absolute atomic E-state index is 6.40. The van der Waals surface area contributed by atoms with Crippen LogP contribution >= 0.6 is 11.6 Å². The Bertz CT molecular complexity index is 648. The minimum absolute atomic E-state index is 0.667. The summed E-state index contributed by atoms with van der Waals surface area (Å²) in [6, 6.07) is 12.3. The molecule has 0 radical (unpaired) electrons. The number of aryl methyl sites for hydroxylation is 2. The van der Waals surface area contributed by atoms with Crippen LogP contribution in [-0.2, 0) is 0 Å². The molecular weight excluding hydrogens is 282 g/mol. The molecule has 0 unspecified atom stereocenters. The van der Waals surface area contributed by atoms with Crippen LogP contribution in [0.3, 0.4) is 0 Å². The van der Waals surface area contributed by atoms with Gasteiger partial charge in [-0.1, -0.05) is 23.7 Å². The van der Waals surface area contributed by atoms with E-state index in [0.717, 1.165) is 24.4 Å². The van der Waals surface area contributed by atoms with Crippen LogP contribution in [0.1, 0.15) is 24.0 Å². The van der Waals surface area contributed by atoms with Crippen molar-refractivity contribution in [3.8, 4) is 11.5 Å². The Hall–Kier alpha value is -1.67. The maximum Gasteiger partial charge on any atom is 0.146 e. The minimum Gasteiger partial charge on any atom is -0.456 e. The molecule has 0 atom stereocenters. The first-order valence-corrected chi connectivity index (χ1v) is 7.81. The predicted molar refractivity (Wildman–Crippen MR) is 88.9 cm³/mol. The molecule has 2 nitrogen and oxygen atoms in total. The summed E-state index contributed by atoms with van der Waals surface area (Å²) in [5.41, 5.74) is 3.48. The Morgan fingerprint density at radius 1 is 0.952 bits per heavy atom. The van der Waals surface area contributed by atoms with Crippen LogP contribution in [0.4, 0.5) is 5.69 Å². The van der Waals surface area contributed by atoms with Crippen molar-refractivity contribution in [1.29, 1.82) is 0 Å². The number of hydrogen-bond acceptors (Lipinski definition) is 2. The number of nitrogens with zero attached hydrogens (tertiary/aromatic N) is 1. The molecule has 3 heteroatoms. The molecule has 2 aromatic carbocycles. The lowest BCUT2D eigenvalue weighted by molar-refractivity contribution is 0.479. The van der Waals surface area contributed by atoms with Gasteiger partial charge in [-0.15, -0.1) is 0 Å². The standard InChI is InChI=1S/C18H20ClNO/c1-13-5-6-14(2)18(11-13)21-17-8-7-15(12-16(17)19)20-9-3-4-10-20/h5-8,11-12H,3-4,9-10H2,1-2H3. The van der Waals surface area contributed by atoms with Crippen LogP contribution < -0.4 is 9.64 Å². The van der Waals surface area contributed by atoms with Gasteiger partial charge in [0.15, 0.2) is 0 Å². The molecular formula is C18H20ClNO. The number of benzene rings is 2. The van der Waals surface area contributed by atoms with E-state index in [0.29, 0.717) is 10.8 Å². The van der Waals surface area contributed by atoms with E-state index in [2.05, 4.69) is 30.0 Å². The summed E-state index contributed by atoms with van der Waals surface area (Å²) in [7, 11) is 0. The summed E-state index contributed by atoms with van der Waals surface area (Å²) in [4.78, 5) is 2.37. The van der Waals surface area contributed by atoms with Crippen molar-refractivity contribution in [3.05, 3.63) is 52.5 Å². The van der Waals surface area contributed by atoms with Gasteiger partial charge < -0.3 is 9.64 Å². The molecule has 0 saturated carbocycles. The zero-order valence-corrected chi connectivity index (χ0v) is 13.3. The zero-order chi connectivity index (χ0) is 14.8. The topological polar surface area (TPSA) is 12.5 Å². The number of ether oxygens (including phenoxy) is 1. The predicted octanol–water partition coefficient (Wildman–Crippen LogP) is 5.35. The van der Waals surface area contributed by atoms with Gasteiger partial charge in [0, 0.05) is 18.8 Å². The Balaban J connectivity index is 1.84. The van der Waals surface area contributed by atoms with Crippen molar-refractivity contribution in [2.75, 3.05) is 18.0 Å². The molecule has 110 valence electrons. The second kappa shape index (κ2) is 5.98. The average molecular weight is 302 g/mol. The first-order chi connectivity index (χ1) is 10.1. The van der Waals surface area contributed by atoms with E-state index < -0.39 is 0 Å². The fourth-order valence-electron chi connectivity index (χ4n) is 2.68. The molecule has 0 spiro atoms. The highest BCUT2D eigenvalue weighted by atomic mass is 35.5. The smallest absolute Gasteiger partial charge is 0.146 e. The SMILES string of the molecule is Cc1ccc(C)c(Oc2ccc(N3CCCC3)cc2Cl)c1. The van der Waals surface area contributed by atoms with E-state index in [4.69, 9.17) is 16.3 Å². The van der Waals surface area contributed by atoms with Crippen LogP contribution in [0, 0.1) is 13.8 Å². The van der Waals surface area contributed by atoms with Crippen LogP contribution in [0.2, 0.25) is 5.02 Å². The lowest BCUT2D eigenvalue weighted by Gasteiger charge is -2.19. The van der Waals surface area contributed by atoms with E-state index in [-0.39, 0.29) is 0 Å². The first-order valence-electron chi connectivity index (χ1n) is 7.43. The zero-order valence-electron chi connectivity index (χ0n) is 12.5. The number of anilines is 1. The summed E-state index contributed by atoms with van der Waals surface area (Å²) < 4.78 is 5.99. The summed E-state index contributed by atoms with van der Waals surface area (Å²) in [5, 5.41) is 0.667. The Labute approximate surface area is 131 Å². The molecule has 0 aliphatic carbocycles. The molecule has 1 aliphatic heterocycles. The van der Waals surface area contributed by atoms with E-state index in [1.54, 1.807) is 0 Å². The summed E-state index contributed by atoms with van der Waals surface area (Å²) in [6.45, 7) is 6.34. The number of hydrogen-bond donors (Lipinski definition) is 0. The molecule has 0 aromatic heterocycles. The van der Waals surface area contributed by atoms with Crippen molar-refractivity contribution in [3.63, 3.8) is 0 Å². The third kappa shape index (κ3) is 3.16. The minimum atomic E-state index is 0.667. The van der Waals surface area contributed by atoms with Crippen LogP contribution in [0.15, 0.2) is 36.4 Å². The molecule has 2 aromatic rings. The molecule has 21 heavy (non-hydrogen) atoms. The van der Waals surface area contributed by atoms with Crippen molar-refractivity contribution in [2.45, 2.75) is 26.7 Å². The van der Waals surface area contributed by atoms with E-state index in [1.165, 1.54) is 24.1 Å². The van der Waals surface area contributed by atoms with Crippen molar-refractivity contribution >= 4 is 17.3 Å². The quantitative estimate of drug-likeness (QED) is 0.757. The molecule has 1 saturated heterocycles. The van der Waals surface area contributed by atoms with Gasteiger partial charge in [-0.05, 0) is 62.1 Å². The average Bonchev–Trinajstić information content (AvgIpc) is 2.99. The molecule has 1 aliphatic rings. The van der Waals surface area contributed by atoms with Gasteiger partial charge >= 0.3 is 0 Å². The second-order valence-corrected chi connectivity index (χ2v) is 6.09. The third-order valence-electron chi connectivity index (χ3n) is 3.95. The van der Waals surface area contributed by atoms with Gasteiger partial charge in [0.1, 0.15) is 11.5 Å². The highest BCUT2D eigenvalue weighted by molar-refractivity contribution is 6.32. The Morgan fingerprint density at radius 3 is 2.43 bits per heavy atom. The monoisotopic (exact) mass is 301 g/mol. The largest absolute Gasteiger partial charge is 0.456 e. The van der Waals surface area contributed by atoms with Crippen LogP contribution in [0.5, 0.6) is 11.5 Å². The van der Waals surface area contributed by atoms with Gasteiger partial charge in [0.25, 0.3) is 0 Å². The second-order valence-electron chi connectivity index (χ2n) is 5.68. The van der Waals surface area contributed by atoms with Crippen molar-refractivity contribution < 1.29 is 4.74 Å². The van der Waals surface area contributed by atoms with Crippen LogP contribution in [0.25, 0.3) is 0 Å². The molecule has 1 heterocycles. The van der Waals surface area contributed by atoms with Gasteiger partial charge in [0.2, 0.25) is 0 Å². The Kier molecular flexibility index (Phi) is 4.07. The molecule has 0 bridgehead atoms. The van der Waals surface area contributed by atoms with Crippen molar-refractivity contribution in [2.24, 2.45) is 0 Å². The highest BCUT2D eigenvalue weighted by Crippen LogP contribution is 2.35. The van der Waals surface area contributed by atoms with Crippen LogP contribution in [-0.4, -0.2) is 13.1 Å². The lowest BCUT2D eigenvalue weighted by atomic mass is 10.1. The summed E-state index contributed by atoms with van der Waals surface area (Å²) >= 11 is 6.40. The third-order valence-corrected chi connectivity index (χ3v) is 4.25. The fourth-order valence-corrected chi connectivity index (χ4v) is 2.89. The first kappa shape index (κ1) is 14.3. The van der Waals surface area contributed by atoms with Gasteiger partial charge in [-0.2, -0.15) is 0 Å². The highest BCUT2D eigenvalue weighted by Gasteiger charge is 2.14. The van der Waals surface area contributed by atoms with E-state index >= 15 is 0 Å². The summed E-state index contributed by atoms with van der Waals surface area (Å²) in [5.74, 6) is 1.58. The van der Waals surface area contributed by atoms with E-state index in [9.17, 15) is 0 Å². The van der Waals surface area contributed by atoms with Gasteiger partial charge in [0.05, 0.1) is 5.02 Å². The normalized spacial score (nSPS) is 14.5. The van der Waals surface area contributed by atoms with Gasteiger partial charge in [-0.25, -0.2) is 0 Å². The number of halogens is 1. The fraction of sp³-hybridized carbons (Fsp3) is 0.333. The molecule has 0 N–H and O–H groups in total. The molecule has 3 rings (SSSR count). The Morgan fingerprint density at radius 2 is 1.71 bits per heavy atom. The molecule has 1 fully saturated rings. The lowest BCUT2D eigenvalue weighted by Crippen LogP contribution is -2.17. The van der Waals surface area contributed by atoms with E-state index in [1.807, 2.05) is 25.1 Å². The summed E-state index contributed by atoms with van der Waals surface area (Å²) in [6.07, 6.45) is 2.52. The molecule has 0 amide bonds. The van der Waals surface area contributed by atoms with Crippen molar-refractivity contribution in [1.82, 2.24) is 0 Å². The van der Waals surface area contributed by atoms with Gasteiger partial charge in [-0.3, -0.25) is 0 Å². The number of rotatable bonds is 3.